The van der Waals surface area contributed by atoms with Gasteiger partial charge in [0, 0.05) is 42.0 Å². The fourth-order valence-electron chi connectivity index (χ4n) is 4.80. The van der Waals surface area contributed by atoms with E-state index in [-0.39, 0.29) is 11.8 Å². The van der Waals surface area contributed by atoms with Crippen LogP contribution in [0.15, 0.2) is 48.8 Å². The second kappa shape index (κ2) is 10.0. The minimum absolute atomic E-state index is 0.145. The van der Waals surface area contributed by atoms with Crippen LogP contribution in [0.5, 0.6) is 0 Å². The Balaban J connectivity index is 1.54. The van der Waals surface area contributed by atoms with Crippen LogP contribution in [0.1, 0.15) is 52.5 Å². The van der Waals surface area contributed by atoms with Gasteiger partial charge in [-0.05, 0) is 55.5 Å². The average Bonchev–Trinajstić information content (AvgIpc) is 3.11. The summed E-state index contributed by atoms with van der Waals surface area (Å²) in [5.74, 6) is 0.113. The molecule has 7 nitrogen and oxygen atoms in total. The number of fused-ring (bicyclic) bond motifs is 1. The molecule has 1 amide bonds. The molecule has 3 heterocycles. The van der Waals surface area contributed by atoms with Crippen LogP contribution in [-0.4, -0.2) is 52.0 Å². The number of nitrogens with zero attached hydrogens (tertiary/aromatic N) is 4. The third-order valence-electron chi connectivity index (χ3n) is 6.43. The Kier molecular flexibility index (Phi) is 6.71. The maximum absolute atomic E-state index is 13.3. The lowest BCUT2D eigenvalue weighted by atomic mass is 9.91. The summed E-state index contributed by atoms with van der Waals surface area (Å²) in [5, 5.41) is 7.54. The maximum Gasteiger partial charge on any atom is 0.286 e. The number of morpholine rings is 1. The molecule has 1 aliphatic carbocycles. The topological polar surface area (TPSA) is 72.3 Å². The highest BCUT2D eigenvalue weighted by Crippen LogP contribution is 2.36. The standard InChI is InChI=1S/C25H28ClN5O2/c26-20-7-5-18(6-8-20)17-19-3-1-2-4-22-23(25(32)29-30-13-15-33-16-14-30)28-31(24(19)22)21-9-11-27-12-10-21/h5-12,19H,1-4,13-17H2,(H,29,32). The van der Waals surface area contributed by atoms with Gasteiger partial charge in [-0.15, -0.1) is 0 Å². The molecule has 2 aromatic heterocycles. The molecule has 172 valence electrons. The zero-order valence-corrected chi connectivity index (χ0v) is 19.3. The Bertz CT molecular complexity index is 1090. The van der Waals surface area contributed by atoms with Crippen LogP contribution >= 0.6 is 11.6 Å². The lowest BCUT2D eigenvalue weighted by Crippen LogP contribution is -2.48. The zero-order valence-electron chi connectivity index (χ0n) is 18.5. The van der Waals surface area contributed by atoms with Gasteiger partial charge in [-0.25, -0.2) is 9.69 Å². The van der Waals surface area contributed by atoms with Gasteiger partial charge in [-0.3, -0.25) is 15.2 Å². The SMILES string of the molecule is O=C(NN1CCOCC1)c1nn(-c2ccncc2)c2c1CCCCC2Cc1ccc(Cl)cc1. The lowest BCUT2D eigenvalue weighted by molar-refractivity contribution is 0.0124. The number of ether oxygens (including phenoxy) is 1. The van der Waals surface area contributed by atoms with Crippen molar-refractivity contribution in [2.75, 3.05) is 26.3 Å². The van der Waals surface area contributed by atoms with Gasteiger partial charge in [-0.2, -0.15) is 5.10 Å². The van der Waals surface area contributed by atoms with Crippen molar-refractivity contribution in [3.05, 3.63) is 76.3 Å². The van der Waals surface area contributed by atoms with Gasteiger partial charge in [0.25, 0.3) is 5.91 Å². The van der Waals surface area contributed by atoms with E-state index in [1.54, 1.807) is 12.4 Å². The fraction of sp³-hybridized carbons (Fsp3) is 0.400. The quantitative estimate of drug-likeness (QED) is 0.577. The van der Waals surface area contributed by atoms with E-state index in [1.165, 1.54) is 5.56 Å². The van der Waals surface area contributed by atoms with Crippen molar-refractivity contribution in [2.45, 2.75) is 38.0 Å². The van der Waals surface area contributed by atoms with Gasteiger partial charge in [0.2, 0.25) is 0 Å². The molecule has 1 saturated heterocycles. The van der Waals surface area contributed by atoms with E-state index in [0.29, 0.717) is 32.0 Å². The van der Waals surface area contributed by atoms with E-state index in [2.05, 4.69) is 22.5 Å². The maximum atomic E-state index is 13.3. The number of carbonyl (C=O) groups is 1. The summed E-state index contributed by atoms with van der Waals surface area (Å²) in [4.78, 5) is 17.5. The number of halogens is 1. The predicted octanol–water partition coefficient (Wildman–Crippen LogP) is 3.95. The highest BCUT2D eigenvalue weighted by molar-refractivity contribution is 6.30. The summed E-state index contributed by atoms with van der Waals surface area (Å²) in [6.07, 6.45) is 8.48. The van der Waals surface area contributed by atoms with Gasteiger partial charge in [0.1, 0.15) is 0 Å². The van der Waals surface area contributed by atoms with Crippen molar-refractivity contribution in [2.24, 2.45) is 0 Å². The second-order valence-corrected chi connectivity index (χ2v) is 9.08. The summed E-state index contributed by atoms with van der Waals surface area (Å²) < 4.78 is 7.38. The minimum atomic E-state index is -0.145. The zero-order chi connectivity index (χ0) is 22.6. The Morgan fingerprint density at radius 3 is 2.61 bits per heavy atom. The van der Waals surface area contributed by atoms with Crippen LogP contribution in [-0.2, 0) is 17.6 Å². The summed E-state index contributed by atoms with van der Waals surface area (Å²) in [6.45, 7) is 2.59. The molecule has 1 atom stereocenters. The smallest absolute Gasteiger partial charge is 0.286 e. The molecule has 0 spiro atoms. The first kappa shape index (κ1) is 22.1. The number of nitrogens with one attached hydrogen (secondary N) is 1. The highest BCUT2D eigenvalue weighted by Gasteiger charge is 2.31. The summed E-state index contributed by atoms with van der Waals surface area (Å²) in [7, 11) is 0. The van der Waals surface area contributed by atoms with Crippen molar-refractivity contribution >= 4 is 17.5 Å². The van der Waals surface area contributed by atoms with E-state index in [9.17, 15) is 4.79 Å². The number of hydrogen-bond acceptors (Lipinski definition) is 5. The third kappa shape index (κ3) is 4.95. The molecule has 1 N–H and O–H groups in total. The van der Waals surface area contributed by atoms with Crippen molar-refractivity contribution in [3.63, 3.8) is 0 Å². The van der Waals surface area contributed by atoms with Gasteiger partial charge < -0.3 is 4.74 Å². The van der Waals surface area contributed by atoms with Gasteiger partial charge in [-0.1, -0.05) is 30.2 Å². The Hall–Kier alpha value is -2.74. The molecule has 1 unspecified atom stereocenters. The number of rotatable bonds is 5. The van der Waals surface area contributed by atoms with E-state index in [1.807, 2.05) is 34.0 Å². The molecular formula is C25H28ClN5O2. The van der Waals surface area contributed by atoms with E-state index in [0.717, 1.165) is 54.1 Å². The van der Waals surface area contributed by atoms with E-state index in [4.69, 9.17) is 21.4 Å². The molecule has 0 radical (unpaired) electrons. The van der Waals surface area contributed by atoms with Crippen LogP contribution in [0, 0.1) is 0 Å². The predicted molar refractivity (Wildman–Crippen MR) is 127 cm³/mol. The van der Waals surface area contributed by atoms with Gasteiger partial charge in [0.05, 0.1) is 24.6 Å². The number of benzene rings is 1. The molecule has 2 aliphatic rings. The molecule has 33 heavy (non-hydrogen) atoms. The van der Waals surface area contributed by atoms with Crippen LogP contribution < -0.4 is 5.43 Å². The normalized spacial score (nSPS) is 19.0. The van der Waals surface area contributed by atoms with Gasteiger partial charge >= 0.3 is 0 Å². The lowest BCUT2D eigenvalue weighted by Gasteiger charge is -2.26. The molecule has 1 aliphatic heterocycles. The number of pyridine rings is 1. The number of aromatic nitrogens is 3. The van der Waals surface area contributed by atoms with Crippen molar-refractivity contribution in [3.8, 4) is 5.69 Å². The molecule has 0 saturated carbocycles. The fourth-order valence-corrected chi connectivity index (χ4v) is 4.92. The monoisotopic (exact) mass is 465 g/mol. The molecule has 5 rings (SSSR count). The molecule has 0 bridgehead atoms. The number of hydrogen-bond donors (Lipinski definition) is 1. The number of hydrazine groups is 1. The highest BCUT2D eigenvalue weighted by atomic mass is 35.5. The molecule has 3 aromatic rings. The van der Waals surface area contributed by atoms with Gasteiger partial charge in [0.15, 0.2) is 5.69 Å². The van der Waals surface area contributed by atoms with Crippen molar-refractivity contribution in [1.29, 1.82) is 0 Å². The van der Waals surface area contributed by atoms with E-state index < -0.39 is 0 Å². The Labute approximate surface area is 198 Å². The summed E-state index contributed by atoms with van der Waals surface area (Å²) in [5.41, 5.74) is 7.94. The Morgan fingerprint density at radius 2 is 1.85 bits per heavy atom. The van der Waals surface area contributed by atoms with Crippen molar-refractivity contribution < 1.29 is 9.53 Å². The third-order valence-corrected chi connectivity index (χ3v) is 6.68. The summed E-state index contributed by atoms with van der Waals surface area (Å²) >= 11 is 6.11. The van der Waals surface area contributed by atoms with Crippen LogP contribution in [0.2, 0.25) is 5.02 Å². The van der Waals surface area contributed by atoms with Crippen LogP contribution in [0.25, 0.3) is 5.69 Å². The molecule has 1 aromatic carbocycles. The summed E-state index contributed by atoms with van der Waals surface area (Å²) in [6, 6.07) is 12.0. The molecule has 8 heteroatoms. The second-order valence-electron chi connectivity index (χ2n) is 8.64. The van der Waals surface area contributed by atoms with E-state index >= 15 is 0 Å². The Morgan fingerprint density at radius 1 is 1.09 bits per heavy atom. The van der Waals surface area contributed by atoms with Crippen LogP contribution in [0.4, 0.5) is 0 Å². The largest absolute Gasteiger partial charge is 0.379 e. The van der Waals surface area contributed by atoms with Crippen molar-refractivity contribution in [1.82, 2.24) is 25.2 Å². The first-order valence-corrected chi connectivity index (χ1v) is 12.0. The molecule has 1 fully saturated rings. The number of amides is 1. The average molecular weight is 466 g/mol. The minimum Gasteiger partial charge on any atom is -0.379 e. The molecular weight excluding hydrogens is 438 g/mol. The van der Waals surface area contributed by atoms with Crippen LogP contribution in [0.3, 0.4) is 0 Å². The first-order valence-electron chi connectivity index (χ1n) is 11.6. The number of carbonyl (C=O) groups excluding carboxylic acids is 1. The first-order chi connectivity index (χ1) is 16.2.